The van der Waals surface area contributed by atoms with Crippen LogP contribution in [0.2, 0.25) is 0 Å². The topological polar surface area (TPSA) is 70.6 Å². The van der Waals surface area contributed by atoms with E-state index in [4.69, 9.17) is 0 Å². The second-order valence-electron chi connectivity index (χ2n) is 3.79. The third-order valence-corrected chi connectivity index (χ3v) is 2.87. The molecular formula is C11H8BrF2N3O2. The molecule has 0 aromatic heterocycles. The lowest BCUT2D eigenvalue weighted by Crippen LogP contribution is -2.33. The Labute approximate surface area is 115 Å². The van der Waals surface area contributed by atoms with Crippen molar-refractivity contribution in [2.75, 3.05) is 5.32 Å². The molecule has 0 spiro atoms. The molecule has 1 aromatic rings. The van der Waals surface area contributed by atoms with Crippen molar-refractivity contribution in [2.24, 2.45) is 5.10 Å². The largest absolute Gasteiger partial charge is 0.316 e. The van der Waals surface area contributed by atoms with Crippen LogP contribution >= 0.6 is 15.9 Å². The number of carbonyl (C=O) groups excluding carboxylic acids is 2. The van der Waals surface area contributed by atoms with Gasteiger partial charge >= 0.3 is 0 Å². The minimum absolute atomic E-state index is 0.0151. The number of carbonyl (C=O) groups is 2. The lowest BCUT2D eigenvalue weighted by molar-refractivity contribution is -0.121. The van der Waals surface area contributed by atoms with Crippen molar-refractivity contribution in [2.45, 2.75) is 12.8 Å². The van der Waals surface area contributed by atoms with Gasteiger partial charge in [-0.1, -0.05) is 15.9 Å². The summed E-state index contributed by atoms with van der Waals surface area (Å²) in [7, 11) is 0. The molecule has 2 amide bonds. The minimum Gasteiger partial charge on any atom is -0.316 e. The minimum atomic E-state index is -0.902. The molecule has 0 aliphatic carbocycles. The number of hydrogen-bond donors (Lipinski definition) is 2. The van der Waals surface area contributed by atoms with Crippen molar-refractivity contribution in [3.05, 3.63) is 28.2 Å². The van der Waals surface area contributed by atoms with Gasteiger partial charge in [-0.2, -0.15) is 5.10 Å². The van der Waals surface area contributed by atoms with E-state index in [0.29, 0.717) is 0 Å². The number of hydrazone groups is 1. The van der Waals surface area contributed by atoms with E-state index >= 15 is 0 Å². The van der Waals surface area contributed by atoms with Gasteiger partial charge in [-0.15, -0.1) is 0 Å². The average Bonchev–Trinajstić information content (AvgIpc) is 2.34. The van der Waals surface area contributed by atoms with Gasteiger partial charge in [-0.05, 0) is 12.1 Å². The van der Waals surface area contributed by atoms with Gasteiger partial charge in [0.1, 0.15) is 11.4 Å². The van der Waals surface area contributed by atoms with E-state index in [2.05, 4.69) is 31.8 Å². The SMILES string of the molecule is O=C1CCC(C(=O)Nc2c(F)cc(Br)cc2F)=NN1. The highest BCUT2D eigenvalue weighted by Gasteiger charge is 2.21. The molecule has 0 unspecified atom stereocenters. The van der Waals surface area contributed by atoms with Crippen LogP contribution in [0.3, 0.4) is 0 Å². The van der Waals surface area contributed by atoms with E-state index in [1.54, 1.807) is 0 Å². The molecule has 2 rings (SSSR count). The van der Waals surface area contributed by atoms with Crippen LogP contribution in [-0.4, -0.2) is 17.5 Å². The number of benzene rings is 1. The van der Waals surface area contributed by atoms with E-state index in [1.807, 2.05) is 0 Å². The molecule has 1 heterocycles. The number of hydrogen-bond acceptors (Lipinski definition) is 3. The predicted octanol–water partition coefficient (Wildman–Crippen LogP) is 1.93. The summed E-state index contributed by atoms with van der Waals surface area (Å²) in [6, 6.07) is 2.06. The van der Waals surface area contributed by atoms with Gasteiger partial charge in [-0.25, -0.2) is 14.2 Å². The summed E-state index contributed by atoms with van der Waals surface area (Å²) >= 11 is 2.93. The number of amides is 2. The molecule has 19 heavy (non-hydrogen) atoms. The first-order valence-corrected chi connectivity index (χ1v) is 6.08. The Hall–Kier alpha value is -1.83. The van der Waals surface area contributed by atoms with Crippen molar-refractivity contribution in [1.82, 2.24) is 5.43 Å². The maximum atomic E-state index is 13.5. The summed E-state index contributed by atoms with van der Waals surface area (Å²) in [6.07, 6.45) is 0.231. The van der Waals surface area contributed by atoms with Gasteiger partial charge in [-0.3, -0.25) is 9.59 Å². The monoisotopic (exact) mass is 331 g/mol. The first-order valence-electron chi connectivity index (χ1n) is 5.28. The molecule has 0 fully saturated rings. The molecule has 0 bridgehead atoms. The van der Waals surface area contributed by atoms with Gasteiger partial charge in [0.25, 0.3) is 5.91 Å². The van der Waals surface area contributed by atoms with Crippen molar-refractivity contribution < 1.29 is 18.4 Å². The van der Waals surface area contributed by atoms with E-state index in [9.17, 15) is 18.4 Å². The Morgan fingerprint density at radius 2 is 1.95 bits per heavy atom. The van der Waals surface area contributed by atoms with E-state index in [1.165, 1.54) is 0 Å². The van der Waals surface area contributed by atoms with Crippen LogP contribution in [0.4, 0.5) is 14.5 Å². The molecule has 1 aliphatic heterocycles. The Morgan fingerprint density at radius 3 is 2.47 bits per heavy atom. The van der Waals surface area contributed by atoms with Gasteiger partial charge in [0.2, 0.25) is 5.91 Å². The molecule has 5 nitrogen and oxygen atoms in total. The van der Waals surface area contributed by atoms with Crippen LogP contribution < -0.4 is 10.7 Å². The fraction of sp³-hybridized carbons (Fsp3) is 0.182. The van der Waals surface area contributed by atoms with Gasteiger partial charge < -0.3 is 5.32 Å². The Morgan fingerprint density at radius 1 is 1.32 bits per heavy atom. The normalized spacial score (nSPS) is 14.7. The van der Waals surface area contributed by atoms with Crippen LogP contribution in [0.15, 0.2) is 21.7 Å². The van der Waals surface area contributed by atoms with Crippen LogP contribution in [0.25, 0.3) is 0 Å². The fourth-order valence-electron chi connectivity index (χ4n) is 1.49. The Bertz CT molecular complexity index is 566. The summed E-state index contributed by atoms with van der Waals surface area (Å²) in [6.45, 7) is 0. The van der Waals surface area contributed by atoms with Crippen molar-refractivity contribution in [1.29, 1.82) is 0 Å². The standard InChI is InChI=1S/C11H8BrF2N3O2/c12-5-3-6(13)10(7(14)4-5)15-11(19)8-1-2-9(18)17-16-8/h3-4H,1-2H2,(H,15,19)(H,17,18). The van der Waals surface area contributed by atoms with Crippen LogP contribution in [0, 0.1) is 11.6 Å². The van der Waals surface area contributed by atoms with Crippen LogP contribution in [0.1, 0.15) is 12.8 Å². The second-order valence-corrected chi connectivity index (χ2v) is 4.71. The van der Waals surface area contributed by atoms with Crippen LogP contribution in [-0.2, 0) is 9.59 Å². The second kappa shape index (κ2) is 5.43. The molecule has 2 N–H and O–H groups in total. The number of anilines is 1. The lowest BCUT2D eigenvalue weighted by atomic mass is 10.1. The molecule has 100 valence electrons. The summed E-state index contributed by atoms with van der Waals surface area (Å²) in [4.78, 5) is 22.6. The molecule has 0 saturated carbocycles. The molecule has 0 saturated heterocycles. The fourth-order valence-corrected chi connectivity index (χ4v) is 1.89. The predicted molar refractivity (Wildman–Crippen MR) is 67.5 cm³/mol. The smallest absolute Gasteiger partial charge is 0.272 e. The molecule has 8 heteroatoms. The summed E-state index contributed by atoms with van der Waals surface area (Å²) in [5, 5.41) is 5.63. The third-order valence-electron chi connectivity index (χ3n) is 2.41. The van der Waals surface area contributed by atoms with E-state index < -0.39 is 23.2 Å². The zero-order chi connectivity index (χ0) is 14.0. The molecular weight excluding hydrogens is 324 g/mol. The molecule has 0 atom stereocenters. The number of halogens is 3. The number of nitrogens with one attached hydrogen (secondary N) is 2. The van der Waals surface area contributed by atoms with Crippen molar-refractivity contribution in [3.8, 4) is 0 Å². The van der Waals surface area contributed by atoms with Gasteiger partial charge in [0, 0.05) is 17.3 Å². The van der Waals surface area contributed by atoms with Gasteiger partial charge in [0.15, 0.2) is 11.6 Å². The first-order chi connectivity index (χ1) is 8.97. The van der Waals surface area contributed by atoms with Gasteiger partial charge in [0.05, 0.1) is 0 Å². The maximum absolute atomic E-state index is 13.5. The zero-order valence-electron chi connectivity index (χ0n) is 9.47. The summed E-state index contributed by atoms with van der Waals surface area (Å²) in [5.41, 5.74) is 1.60. The lowest BCUT2D eigenvalue weighted by Gasteiger charge is -2.12. The molecule has 1 aliphatic rings. The third kappa shape index (κ3) is 3.14. The average molecular weight is 332 g/mol. The quantitative estimate of drug-likeness (QED) is 0.869. The number of rotatable bonds is 2. The maximum Gasteiger partial charge on any atom is 0.272 e. The highest BCUT2D eigenvalue weighted by atomic mass is 79.9. The zero-order valence-corrected chi connectivity index (χ0v) is 11.1. The summed E-state index contributed by atoms with van der Waals surface area (Å²) < 4.78 is 27.2. The Balaban J connectivity index is 2.18. The van der Waals surface area contributed by atoms with Crippen molar-refractivity contribution >= 4 is 39.1 Å². The molecule has 1 aromatic carbocycles. The highest BCUT2D eigenvalue weighted by molar-refractivity contribution is 9.10. The van der Waals surface area contributed by atoms with E-state index in [0.717, 1.165) is 12.1 Å². The van der Waals surface area contributed by atoms with E-state index in [-0.39, 0.29) is 28.9 Å². The summed E-state index contributed by atoms with van der Waals surface area (Å²) in [5.74, 6) is -2.86. The molecule has 0 radical (unpaired) electrons. The van der Waals surface area contributed by atoms with Crippen LogP contribution in [0.5, 0.6) is 0 Å². The highest BCUT2D eigenvalue weighted by Crippen LogP contribution is 2.23. The first kappa shape index (κ1) is 13.6. The Kier molecular flexibility index (Phi) is 3.89. The number of nitrogens with zero attached hydrogens (tertiary/aromatic N) is 1. The van der Waals surface area contributed by atoms with Crippen molar-refractivity contribution in [3.63, 3.8) is 0 Å².